The summed E-state index contributed by atoms with van der Waals surface area (Å²) in [7, 11) is 0. The van der Waals surface area contributed by atoms with E-state index in [9.17, 15) is 19.8 Å². The molecule has 0 aromatic rings. The molecule has 3 atom stereocenters. The van der Waals surface area contributed by atoms with Crippen molar-refractivity contribution in [2.45, 2.75) is 302 Å². The van der Waals surface area contributed by atoms with Crippen LogP contribution in [0.3, 0.4) is 0 Å². The number of hydrogen-bond donors (Lipinski definition) is 3. The van der Waals surface area contributed by atoms with Crippen LogP contribution in [0.5, 0.6) is 0 Å². The second-order valence-corrected chi connectivity index (χ2v) is 18.3. The summed E-state index contributed by atoms with van der Waals surface area (Å²) in [5.74, 6) is -0.468. The van der Waals surface area contributed by atoms with Crippen molar-refractivity contribution in [2.75, 3.05) is 6.61 Å². The number of aliphatic hydroxyl groups is 2. The zero-order valence-corrected chi connectivity index (χ0v) is 40.4. The maximum Gasteiger partial charge on any atom is 0.306 e. The van der Waals surface area contributed by atoms with Crippen LogP contribution >= 0.6 is 0 Å². The van der Waals surface area contributed by atoms with Gasteiger partial charge in [0.1, 0.15) is 6.10 Å². The Labute approximate surface area is 373 Å². The quantitative estimate of drug-likeness (QED) is 0.0322. The van der Waals surface area contributed by atoms with Crippen molar-refractivity contribution >= 4 is 11.9 Å². The van der Waals surface area contributed by atoms with E-state index in [1.165, 1.54) is 173 Å². The molecule has 0 heterocycles. The monoisotopic (exact) mass is 846 g/mol. The van der Waals surface area contributed by atoms with E-state index in [-0.39, 0.29) is 24.9 Å². The van der Waals surface area contributed by atoms with Gasteiger partial charge in [0.05, 0.1) is 25.2 Å². The average molecular weight is 846 g/mol. The Hall–Kier alpha value is -1.66. The average Bonchev–Trinajstić information content (AvgIpc) is 3.24. The molecule has 354 valence electrons. The van der Waals surface area contributed by atoms with Crippen LogP contribution in [-0.4, -0.2) is 46.9 Å². The summed E-state index contributed by atoms with van der Waals surface area (Å²) < 4.78 is 5.94. The molecular weight excluding hydrogens is 743 g/mol. The largest absolute Gasteiger partial charge is 0.462 e. The first-order chi connectivity index (χ1) is 29.5. The van der Waals surface area contributed by atoms with Crippen LogP contribution in [-0.2, 0) is 14.3 Å². The van der Waals surface area contributed by atoms with Gasteiger partial charge < -0.3 is 20.3 Å². The lowest BCUT2D eigenvalue weighted by Gasteiger charge is -2.24. The highest BCUT2D eigenvalue weighted by Gasteiger charge is 2.24. The first-order valence-corrected chi connectivity index (χ1v) is 26.6. The van der Waals surface area contributed by atoms with Gasteiger partial charge in [-0.25, -0.2) is 0 Å². The smallest absolute Gasteiger partial charge is 0.306 e. The Kier molecular flexibility index (Phi) is 47.0. The summed E-state index contributed by atoms with van der Waals surface area (Å²) in [6, 6.07) is -0.699. The van der Waals surface area contributed by atoms with E-state index in [0.29, 0.717) is 19.3 Å². The number of amides is 1. The van der Waals surface area contributed by atoms with Gasteiger partial charge in [-0.05, 0) is 57.8 Å². The Balaban J connectivity index is 4.55. The lowest BCUT2D eigenvalue weighted by atomic mass is 10.0. The number of carbonyl (C=O) groups is 2. The minimum Gasteiger partial charge on any atom is -0.462 e. The number of rotatable bonds is 48. The van der Waals surface area contributed by atoms with Crippen molar-refractivity contribution in [1.82, 2.24) is 5.32 Å². The molecule has 0 spiro atoms. The van der Waals surface area contributed by atoms with Gasteiger partial charge in [0.2, 0.25) is 5.91 Å². The van der Waals surface area contributed by atoms with Gasteiger partial charge in [-0.3, -0.25) is 9.59 Å². The van der Waals surface area contributed by atoms with Crippen LogP contribution in [0.15, 0.2) is 24.3 Å². The fraction of sp³-hybridized carbons (Fsp3) is 0.889. The molecule has 0 bridgehead atoms. The highest BCUT2D eigenvalue weighted by molar-refractivity contribution is 5.77. The Morgan fingerprint density at radius 3 is 1.30 bits per heavy atom. The maximum absolute atomic E-state index is 13.2. The second-order valence-electron chi connectivity index (χ2n) is 18.3. The highest BCUT2D eigenvalue weighted by atomic mass is 16.5. The van der Waals surface area contributed by atoms with Gasteiger partial charge >= 0.3 is 5.97 Å². The molecule has 6 heteroatoms. The minimum atomic E-state index is -0.785. The zero-order chi connectivity index (χ0) is 43.8. The number of hydrogen-bond acceptors (Lipinski definition) is 5. The molecule has 0 radical (unpaired) electrons. The summed E-state index contributed by atoms with van der Waals surface area (Å²) in [6.45, 7) is 6.47. The Morgan fingerprint density at radius 2 is 0.850 bits per heavy atom. The topological polar surface area (TPSA) is 95.9 Å². The predicted molar refractivity (Wildman–Crippen MR) is 260 cm³/mol. The minimum absolute atomic E-state index is 0.0775. The number of ether oxygens (including phenoxy) is 1. The molecule has 0 aliphatic rings. The SMILES string of the molecule is CCCCC/C=C\C/C=C\CCCCCCCCCC(CC(=O)NC(CO)C(O)CCCCCCCCCCCCCCC)OC(=O)CCCCCCCCCCCCC. The standard InChI is InChI=1S/C54H103NO5/c1-4-7-10-13-16-19-22-24-25-26-27-29-31-33-36-39-42-45-50(60-54(59)47-44-41-38-35-30-21-18-15-12-9-6-3)48-53(58)55-51(49-56)52(57)46-43-40-37-34-32-28-23-20-17-14-11-8-5-2/h16,19,24-25,50-52,56-57H,4-15,17-18,20-23,26-49H2,1-3H3,(H,55,58)/b19-16-,25-24-. The number of allylic oxidation sites excluding steroid dienone is 4. The van der Waals surface area contributed by atoms with Gasteiger partial charge in [-0.2, -0.15) is 0 Å². The molecule has 0 fully saturated rings. The number of nitrogens with one attached hydrogen (secondary N) is 1. The Bertz CT molecular complexity index is 950. The molecule has 3 N–H and O–H groups in total. The number of unbranched alkanes of at least 4 members (excludes halogenated alkanes) is 32. The summed E-state index contributed by atoms with van der Waals surface area (Å²) in [5.41, 5.74) is 0. The fourth-order valence-electron chi connectivity index (χ4n) is 8.23. The molecule has 3 unspecified atom stereocenters. The molecule has 0 saturated heterocycles. The van der Waals surface area contributed by atoms with Crippen molar-refractivity contribution in [2.24, 2.45) is 0 Å². The molecular formula is C54H103NO5. The molecule has 60 heavy (non-hydrogen) atoms. The van der Waals surface area contributed by atoms with E-state index in [0.717, 1.165) is 64.2 Å². The molecule has 1 amide bonds. The normalized spacial score (nSPS) is 13.3. The van der Waals surface area contributed by atoms with Crippen LogP contribution in [0, 0.1) is 0 Å². The zero-order valence-electron chi connectivity index (χ0n) is 40.4. The van der Waals surface area contributed by atoms with Crippen molar-refractivity contribution in [1.29, 1.82) is 0 Å². The van der Waals surface area contributed by atoms with Crippen molar-refractivity contribution < 1.29 is 24.5 Å². The summed E-state index contributed by atoms with van der Waals surface area (Å²) >= 11 is 0. The third-order valence-corrected chi connectivity index (χ3v) is 12.3. The predicted octanol–water partition coefficient (Wildman–Crippen LogP) is 15.9. The van der Waals surface area contributed by atoms with E-state index < -0.39 is 18.2 Å². The summed E-state index contributed by atoms with van der Waals surface area (Å²) in [6.07, 6.45) is 55.2. The molecule has 0 aliphatic heterocycles. The number of carbonyl (C=O) groups excluding carboxylic acids is 2. The number of aliphatic hydroxyl groups excluding tert-OH is 2. The van der Waals surface area contributed by atoms with Gasteiger partial charge in [0.15, 0.2) is 0 Å². The van der Waals surface area contributed by atoms with E-state index in [4.69, 9.17) is 4.74 Å². The first kappa shape index (κ1) is 58.3. The van der Waals surface area contributed by atoms with Crippen LogP contribution in [0.2, 0.25) is 0 Å². The Morgan fingerprint density at radius 1 is 0.483 bits per heavy atom. The van der Waals surface area contributed by atoms with Gasteiger partial charge in [-0.15, -0.1) is 0 Å². The van der Waals surface area contributed by atoms with Crippen LogP contribution < -0.4 is 5.32 Å². The maximum atomic E-state index is 13.2. The van der Waals surface area contributed by atoms with E-state index in [1.54, 1.807) is 0 Å². The molecule has 0 aromatic carbocycles. The molecule has 0 aromatic heterocycles. The number of esters is 1. The van der Waals surface area contributed by atoms with Crippen molar-refractivity contribution in [3.63, 3.8) is 0 Å². The van der Waals surface area contributed by atoms with Gasteiger partial charge in [0, 0.05) is 6.42 Å². The third-order valence-electron chi connectivity index (χ3n) is 12.3. The first-order valence-electron chi connectivity index (χ1n) is 26.6. The van der Waals surface area contributed by atoms with Gasteiger partial charge in [-0.1, -0.05) is 238 Å². The van der Waals surface area contributed by atoms with Crippen molar-refractivity contribution in [3.8, 4) is 0 Å². The van der Waals surface area contributed by atoms with Crippen LogP contribution in [0.4, 0.5) is 0 Å². The lowest BCUT2D eigenvalue weighted by molar-refractivity contribution is -0.151. The molecule has 6 nitrogen and oxygen atoms in total. The molecule has 0 saturated carbocycles. The summed E-state index contributed by atoms with van der Waals surface area (Å²) in [4.78, 5) is 26.1. The highest BCUT2D eigenvalue weighted by Crippen LogP contribution is 2.18. The van der Waals surface area contributed by atoms with Crippen LogP contribution in [0.25, 0.3) is 0 Å². The van der Waals surface area contributed by atoms with Gasteiger partial charge in [0.25, 0.3) is 0 Å². The fourth-order valence-corrected chi connectivity index (χ4v) is 8.23. The summed E-state index contributed by atoms with van der Waals surface area (Å²) in [5, 5.41) is 23.8. The molecule has 0 aliphatic carbocycles. The molecule has 0 rings (SSSR count). The van der Waals surface area contributed by atoms with E-state index in [2.05, 4.69) is 50.4 Å². The third kappa shape index (κ3) is 43.0. The lowest BCUT2D eigenvalue weighted by Crippen LogP contribution is -2.46. The van der Waals surface area contributed by atoms with E-state index >= 15 is 0 Å². The van der Waals surface area contributed by atoms with Crippen molar-refractivity contribution in [3.05, 3.63) is 24.3 Å². The second kappa shape index (κ2) is 48.4. The van der Waals surface area contributed by atoms with E-state index in [1.807, 2.05) is 0 Å². The van der Waals surface area contributed by atoms with Crippen LogP contribution in [0.1, 0.15) is 284 Å².